The molecular formula is C22H21FN2O. The van der Waals surface area contributed by atoms with Gasteiger partial charge < -0.3 is 15.0 Å². The largest absolute Gasteiger partial charge is 0.390 e. The van der Waals surface area contributed by atoms with Gasteiger partial charge in [0, 0.05) is 34.9 Å². The fourth-order valence-corrected chi connectivity index (χ4v) is 3.46. The van der Waals surface area contributed by atoms with Crippen molar-refractivity contribution >= 4 is 21.8 Å². The molecule has 0 aliphatic rings. The molecule has 26 heavy (non-hydrogen) atoms. The molecule has 1 heterocycles. The number of rotatable bonds is 6. The highest BCUT2D eigenvalue weighted by molar-refractivity contribution is 6.07. The summed E-state index contributed by atoms with van der Waals surface area (Å²) in [6.07, 6.45) is -0.519. The topological polar surface area (TPSA) is 37.2 Å². The minimum absolute atomic E-state index is 0.236. The number of para-hydroxylation sites is 2. The van der Waals surface area contributed by atoms with Crippen LogP contribution in [0.15, 0.2) is 72.8 Å². The molecule has 4 aromatic rings. The van der Waals surface area contributed by atoms with Crippen molar-refractivity contribution < 1.29 is 9.50 Å². The molecule has 132 valence electrons. The van der Waals surface area contributed by atoms with Gasteiger partial charge in [0.1, 0.15) is 5.82 Å². The van der Waals surface area contributed by atoms with E-state index in [4.69, 9.17) is 0 Å². The maximum Gasteiger partial charge on any atom is 0.123 e. The van der Waals surface area contributed by atoms with Crippen LogP contribution in [-0.4, -0.2) is 22.3 Å². The Morgan fingerprint density at radius 3 is 2.04 bits per heavy atom. The van der Waals surface area contributed by atoms with Gasteiger partial charge in [0.25, 0.3) is 0 Å². The third-order valence-corrected chi connectivity index (χ3v) is 4.70. The molecule has 3 aromatic carbocycles. The number of halogens is 1. The third-order valence-electron chi connectivity index (χ3n) is 4.70. The number of hydrogen-bond acceptors (Lipinski definition) is 2. The lowest BCUT2D eigenvalue weighted by atomic mass is 10.2. The van der Waals surface area contributed by atoms with E-state index in [0.717, 1.165) is 16.6 Å². The average molecular weight is 348 g/mol. The molecule has 0 radical (unpaired) electrons. The van der Waals surface area contributed by atoms with Crippen molar-refractivity contribution in [3.05, 3.63) is 84.2 Å². The molecular weight excluding hydrogens is 327 g/mol. The quantitative estimate of drug-likeness (QED) is 0.551. The van der Waals surface area contributed by atoms with Crippen LogP contribution < -0.4 is 5.32 Å². The summed E-state index contributed by atoms with van der Waals surface area (Å²) in [6.45, 7) is 1.59. The highest BCUT2D eigenvalue weighted by atomic mass is 19.1. The van der Waals surface area contributed by atoms with E-state index in [-0.39, 0.29) is 5.82 Å². The second kappa shape index (κ2) is 7.28. The lowest BCUT2D eigenvalue weighted by molar-refractivity contribution is 0.154. The van der Waals surface area contributed by atoms with Crippen LogP contribution in [0, 0.1) is 5.82 Å². The number of aromatic nitrogens is 1. The van der Waals surface area contributed by atoms with Crippen LogP contribution in [0.1, 0.15) is 5.56 Å². The van der Waals surface area contributed by atoms with Crippen molar-refractivity contribution in [2.24, 2.45) is 0 Å². The predicted octanol–water partition coefficient (Wildman–Crippen LogP) is 4.08. The van der Waals surface area contributed by atoms with Gasteiger partial charge in [-0.25, -0.2) is 4.39 Å². The summed E-state index contributed by atoms with van der Waals surface area (Å²) in [5.74, 6) is -0.236. The minimum atomic E-state index is -0.519. The predicted molar refractivity (Wildman–Crippen MR) is 104 cm³/mol. The van der Waals surface area contributed by atoms with Crippen molar-refractivity contribution in [3.63, 3.8) is 0 Å². The molecule has 0 fully saturated rings. The van der Waals surface area contributed by atoms with Crippen molar-refractivity contribution in [3.8, 4) is 0 Å². The fraction of sp³-hybridized carbons (Fsp3) is 0.182. The zero-order chi connectivity index (χ0) is 17.9. The Hall–Kier alpha value is -2.69. The summed E-state index contributed by atoms with van der Waals surface area (Å²) in [5, 5.41) is 16.2. The Bertz CT molecular complexity index is 970. The van der Waals surface area contributed by atoms with Crippen LogP contribution in [0.5, 0.6) is 0 Å². The molecule has 0 amide bonds. The van der Waals surface area contributed by atoms with Gasteiger partial charge in [-0.3, -0.25) is 0 Å². The Kier molecular flexibility index (Phi) is 4.69. The van der Waals surface area contributed by atoms with E-state index >= 15 is 0 Å². The number of fused-ring (bicyclic) bond motifs is 3. The van der Waals surface area contributed by atoms with Crippen LogP contribution in [0.4, 0.5) is 4.39 Å². The smallest absolute Gasteiger partial charge is 0.123 e. The fourth-order valence-electron chi connectivity index (χ4n) is 3.46. The molecule has 1 aromatic heterocycles. The normalized spacial score (nSPS) is 12.7. The number of aliphatic hydroxyl groups excluding tert-OH is 1. The molecule has 1 atom stereocenters. The number of aliphatic hydroxyl groups is 1. The maximum atomic E-state index is 12.9. The number of nitrogens with one attached hydrogen (secondary N) is 1. The van der Waals surface area contributed by atoms with Gasteiger partial charge in [-0.15, -0.1) is 0 Å². The van der Waals surface area contributed by atoms with Gasteiger partial charge in [0.15, 0.2) is 0 Å². The Labute approximate surface area is 151 Å². The van der Waals surface area contributed by atoms with Crippen LogP contribution in [-0.2, 0) is 13.1 Å². The molecule has 3 nitrogen and oxygen atoms in total. The van der Waals surface area contributed by atoms with Gasteiger partial charge in [-0.1, -0.05) is 48.5 Å². The summed E-state index contributed by atoms with van der Waals surface area (Å²) >= 11 is 0. The van der Waals surface area contributed by atoms with Crippen molar-refractivity contribution in [1.29, 1.82) is 0 Å². The molecule has 0 saturated carbocycles. The highest BCUT2D eigenvalue weighted by Crippen LogP contribution is 2.28. The summed E-state index contributed by atoms with van der Waals surface area (Å²) in [6, 6.07) is 23.0. The average Bonchev–Trinajstić information content (AvgIpc) is 2.98. The Balaban J connectivity index is 1.48. The van der Waals surface area contributed by atoms with E-state index in [1.165, 1.54) is 22.9 Å². The van der Waals surface area contributed by atoms with Crippen molar-refractivity contribution in [2.75, 3.05) is 6.54 Å². The van der Waals surface area contributed by atoms with Crippen LogP contribution in [0.2, 0.25) is 0 Å². The minimum Gasteiger partial charge on any atom is -0.390 e. The lowest BCUT2D eigenvalue weighted by Gasteiger charge is -2.15. The van der Waals surface area contributed by atoms with Crippen LogP contribution >= 0.6 is 0 Å². The van der Waals surface area contributed by atoms with Crippen LogP contribution in [0.25, 0.3) is 21.8 Å². The van der Waals surface area contributed by atoms with Crippen molar-refractivity contribution in [2.45, 2.75) is 19.2 Å². The van der Waals surface area contributed by atoms with E-state index in [2.05, 4.69) is 34.1 Å². The molecule has 0 aliphatic carbocycles. The van der Waals surface area contributed by atoms with Crippen molar-refractivity contribution in [1.82, 2.24) is 9.88 Å². The Morgan fingerprint density at radius 2 is 1.42 bits per heavy atom. The van der Waals surface area contributed by atoms with E-state index in [1.54, 1.807) is 12.1 Å². The van der Waals surface area contributed by atoms with Gasteiger partial charge in [-0.05, 0) is 29.8 Å². The first-order valence-corrected chi connectivity index (χ1v) is 8.81. The molecule has 1 unspecified atom stereocenters. The first kappa shape index (κ1) is 16.8. The standard InChI is InChI=1S/C22H21FN2O/c23-17-11-9-16(10-12-17)13-24-14-18(26)15-25-21-7-3-1-5-19(21)20-6-2-4-8-22(20)25/h1-12,18,24,26H,13-15H2. The monoisotopic (exact) mass is 348 g/mol. The molecule has 4 rings (SSSR count). The number of benzene rings is 3. The molecule has 0 spiro atoms. The first-order chi connectivity index (χ1) is 12.7. The van der Waals surface area contributed by atoms with E-state index in [1.807, 2.05) is 24.3 Å². The summed E-state index contributed by atoms with van der Waals surface area (Å²) in [4.78, 5) is 0. The zero-order valence-corrected chi connectivity index (χ0v) is 14.4. The number of nitrogens with zero attached hydrogens (tertiary/aromatic N) is 1. The summed E-state index contributed by atoms with van der Waals surface area (Å²) in [5.41, 5.74) is 3.26. The van der Waals surface area contributed by atoms with Gasteiger partial charge in [-0.2, -0.15) is 0 Å². The summed E-state index contributed by atoms with van der Waals surface area (Å²) in [7, 11) is 0. The van der Waals surface area contributed by atoms with E-state index in [9.17, 15) is 9.50 Å². The lowest BCUT2D eigenvalue weighted by Crippen LogP contribution is -2.29. The van der Waals surface area contributed by atoms with E-state index in [0.29, 0.717) is 19.6 Å². The molecule has 0 aliphatic heterocycles. The second-order valence-electron chi connectivity index (χ2n) is 6.56. The van der Waals surface area contributed by atoms with Crippen LogP contribution in [0.3, 0.4) is 0 Å². The molecule has 2 N–H and O–H groups in total. The summed E-state index contributed by atoms with van der Waals surface area (Å²) < 4.78 is 15.1. The highest BCUT2D eigenvalue weighted by Gasteiger charge is 2.13. The molecule has 0 saturated heterocycles. The molecule has 4 heteroatoms. The molecule has 0 bridgehead atoms. The third kappa shape index (κ3) is 3.34. The van der Waals surface area contributed by atoms with Gasteiger partial charge >= 0.3 is 0 Å². The Morgan fingerprint density at radius 1 is 0.846 bits per heavy atom. The SMILES string of the molecule is OC(CNCc1ccc(F)cc1)Cn1c2ccccc2c2ccccc21. The second-order valence-corrected chi connectivity index (χ2v) is 6.56. The first-order valence-electron chi connectivity index (χ1n) is 8.81. The van der Waals surface area contributed by atoms with Gasteiger partial charge in [0.05, 0.1) is 12.6 Å². The maximum absolute atomic E-state index is 12.9. The zero-order valence-electron chi connectivity index (χ0n) is 14.4. The van der Waals surface area contributed by atoms with E-state index < -0.39 is 6.10 Å². The number of hydrogen-bond donors (Lipinski definition) is 2. The van der Waals surface area contributed by atoms with Gasteiger partial charge in [0.2, 0.25) is 0 Å².